The molecule has 0 aliphatic carbocycles. The van der Waals surface area contributed by atoms with Crippen LogP contribution in [0.15, 0.2) is 12.4 Å². The molecule has 0 aromatic carbocycles. The van der Waals surface area contributed by atoms with Crippen LogP contribution >= 0.6 is 0 Å². The molecule has 0 radical (unpaired) electrons. The van der Waals surface area contributed by atoms with Crippen molar-refractivity contribution in [2.24, 2.45) is 5.84 Å². The first-order chi connectivity index (χ1) is 7.07. The average molecular weight is 209 g/mol. The maximum Gasteiger partial charge on any atom is 0.145 e. The van der Waals surface area contributed by atoms with Crippen molar-refractivity contribution in [2.75, 3.05) is 10.7 Å². The molecule has 0 aliphatic rings. The van der Waals surface area contributed by atoms with E-state index in [0.717, 1.165) is 18.7 Å². The lowest BCUT2D eigenvalue weighted by Gasteiger charge is -2.26. The minimum absolute atomic E-state index is 0.0367. The number of hydrogen-bond acceptors (Lipinski definition) is 5. The first kappa shape index (κ1) is 11.7. The molecule has 1 heterocycles. The number of nitrogens with zero attached hydrogens (tertiary/aromatic N) is 2. The van der Waals surface area contributed by atoms with Gasteiger partial charge in [0.1, 0.15) is 18.0 Å². The molecule has 1 aromatic rings. The predicted octanol–water partition coefficient (Wildman–Crippen LogP) is 1.75. The number of aromatic nitrogens is 2. The van der Waals surface area contributed by atoms with Crippen molar-refractivity contribution in [1.82, 2.24) is 9.97 Å². The second kappa shape index (κ2) is 4.93. The number of hydrazine groups is 1. The van der Waals surface area contributed by atoms with Crippen LogP contribution in [0.3, 0.4) is 0 Å². The van der Waals surface area contributed by atoms with Crippen molar-refractivity contribution in [3.05, 3.63) is 12.4 Å². The van der Waals surface area contributed by atoms with Crippen molar-refractivity contribution in [3.63, 3.8) is 0 Å². The highest BCUT2D eigenvalue weighted by atomic mass is 15.3. The van der Waals surface area contributed by atoms with E-state index in [1.165, 1.54) is 6.33 Å². The van der Waals surface area contributed by atoms with Gasteiger partial charge in [0.2, 0.25) is 0 Å². The molecule has 84 valence electrons. The van der Waals surface area contributed by atoms with Crippen molar-refractivity contribution >= 4 is 11.6 Å². The van der Waals surface area contributed by atoms with Crippen molar-refractivity contribution in [3.8, 4) is 0 Å². The van der Waals surface area contributed by atoms with E-state index in [9.17, 15) is 0 Å². The van der Waals surface area contributed by atoms with Crippen LogP contribution in [-0.2, 0) is 0 Å². The number of nitrogens with one attached hydrogen (secondary N) is 2. The molecule has 15 heavy (non-hydrogen) atoms. The van der Waals surface area contributed by atoms with Gasteiger partial charge in [0, 0.05) is 11.6 Å². The average Bonchev–Trinajstić information content (AvgIpc) is 2.17. The summed E-state index contributed by atoms with van der Waals surface area (Å²) in [5.41, 5.74) is 2.53. The standard InChI is InChI=1S/C10H19N5/c1-4-5-10(2,3)14-8-6-9(15-11)13-7-12-8/h6-7H,4-5,11H2,1-3H3,(H2,12,13,14,15). The minimum Gasteiger partial charge on any atom is -0.365 e. The van der Waals surface area contributed by atoms with Gasteiger partial charge in [-0.2, -0.15) is 0 Å². The molecular formula is C10H19N5. The zero-order valence-corrected chi connectivity index (χ0v) is 9.54. The largest absolute Gasteiger partial charge is 0.365 e. The Kier molecular flexibility index (Phi) is 3.85. The molecule has 0 fully saturated rings. The summed E-state index contributed by atoms with van der Waals surface area (Å²) in [6.07, 6.45) is 3.70. The normalized spacial score (nSPS) is 11.2. The van der Waals surface area contributed by atoms with Gasteiger partial charge < -0.3 is 10.7 Å². The van der Waals surface area contributed by atoms with E-state index in [1.807, 2.05) is 0 Å². The second-order valence-electron chi connectivity index (χ2n) is 4.19. The molecule has 0 saturated carbocycles. The lowest BCUT2D eigenvalue weighted by Crippen LogP contribution is -2.31. The van der Waals surface area contributed by atoms with Gasteiger partial charge in [0.25, 0.3) is 0 Å². The molecule has 0 spiro atoms. The van der Waals surface area contributed by atoms with Gasteiger partial charge in [-0.3, -0.25) is 0 Å². The van der Waals surface area contributed by atoms with E-state index in [4.69, 9.17) is 5.84 Å². The molecule has 5 heteroatoms. The summed E-state index contributed by atoms with van der Waals surface area (Å²) >= 11 is 0. The zero-order valence-electron chi connectivity index (χ0n) is 9.54. The number of hydrogen-bond donors (Lipinski definition) is 3. The molecule has 0 saturated heterocycles. The quantitative estimate of drug-likeness (QED) is 0.509. The number of rotatable bonds is 5. The first-order valence-corrected chi connectivity index (χ1v) is 5.14. The molecule has 1 rings (SSSR count). The Hall–Kier alpha value is -1.36. The molecule has 0 aliphatic heterocycles. The smallest absolute Gasteiger partial charge is 0.145 e. The van der Waals surface area contributed by atoms with E-state index in [1.54, 1.807) is 6.07 Å². The summed E-state index contributed by atoms with van der Waals surface area (Å²) in [5, 5.41) is 3.35. The van der Waals surface area contributed by atoms with Gasteiger partial charge in [-0.15, -0.1) is 0 Å². The minimum atomic E-state index is 0.0367. The van der Waals surface area contributed by atoms with E-state index >= 15 is 0 Å². The maximum atomic E-state index is 5.27. The highest BCUT2D eigenvalue weighted by molar-refractivity contribution is 5.46. The summed E-state index contributed by atoms with van der Waals surface area (Å²) in [4.78, 5) is 8.08. The number of nitrogen functional groups attached to an aromatic ring is 1. The van der Waals surface area contributed by atoms with E-state index in [-0.39, 0.29) is 5.54 Å². The number of nitrogens with two attached hydrogens (primary N) is 1. The topological polar surface area (TPSA) is 75.9 Å². The summed E-state index contributed by atoms with van der Waals surface area (Å²) in [6, 6.07) is 1.79. The summed E-state index contributed by atoms with van der Waals surface area (Å²) < 4.78 is 0. The van der Waals surface area contributed by atoms with Crippen molar-refractivity contribution in [1.29, 1.82) is 0 Å². The van der Waals surface area contributed by atoms with Gasteiger partial charge in [-0.25, -0.2) is 15.8 Å². The highest BCUT2D eigenvalue weighted by Gasteiger charge is 2.16. The van der Waals surface area contributed by atoms with Gasteiger partial charge in [-0.1, -0.05) is 13.3 Å². The Bertz CT molecular complexity index is 310. The van der Waals surface area contributed by atoms with Crippen LogP contribution < -0.4 is 16.6 Å². The maximum absolute atomic E-state index is 5.27. The van der Waals surface area contributed by atoms with Crippen LogP contribution in [0.25, 0.3) is 0 Å². The zero-order chi connectivity index (χ0) is 11.3. The Labute approximate surface area is 90.5 Å². The third-order valence-electron chi connectivity index (χ3n) is 2.16. The third kappa shape index (κ3) is 3.71. The molecule has 1 aromatic heterocycles. The molecule has 4 N–H and O–H groups in total. The van der Waals surface area contributed by atoms with Crippen LogP contribution in [-0.4, -0.2) is 15.5 Å². The summed E-state index contributed by atoms with van der Waals surface area (Å²) in [5.74, 6) is 6.67. The predicted molar refractivity (Wildman–Crippen MR) is 62.5 cm³/mol. The molecule has 0 bridgehead atoms. The fourth-order valence-corrected chi connectivity index (χ4v) is 1.54. The van der Waals surface area contributed by atoms with Gasteiger partial charge >= 0.3 is 0 Å². The molecule has 0 unspecified atom stereocenters. The third-order valence-corrected chi connectivity index (χ3v) is 2.16. The SMILES string of the molecule is CCCC(C)(C)Nc1cc(NN)ncn1. The van der Waals surface area contributed by atoms with E-state index in [0.29, 0.717) is 5.82 Å². The first-order valence-electron chi connectivity index (χ1n) is 5.14. The van der Waals surface area contributed by atoms with Crippen LogP contribution in [0.2, 0.25) is 0 Å². The Morgan fingerprint density at radius 3 is 2.60 bits per heavy atom. The van der Waals surface area contributed by atoms with Gasteiger partial charge in [0.05, 0.1) is 0 Å². The van der Waals surface area contributed by atoms with Gasteiger partial charge in [0.15, 0.2) is 0 Å². The Morgan fingerprint density at radius 2 is 2.00 bits per heavy atom. The van der Waals surface area contributed by atoms with Crippen LogP contribution in [0, 0.1) is 0 Å². The fraction of sp³-hybridized carbons (Fsp3) is 0.600. The van der Waals surface area contributed by atoms with Gasteiger partial charge in [-0.05, 0) is 20.3 Å². The molecule has 5 nitrogen and oxygen atoms in total. The van der Waals surface area contributed by atoms with E-state index in [2.05, 4.69) is 41.5 Å². The van der Waals surface area contributed by atoms with Crippen LogP contribution in [0.5, 0.6) is 0 Å². The Balaban J connectivity index is 2.71. The number of anilines is 2. The lowest BCUT2D eigenvalue weighted by molar-refractivity contribution is 0.509. The van der Waals surface area contributed by atoms with Crippen LogP contribution in [0.4, 0.5) is 11.6 Å². The summed E-state index contributed by atoms with van der Waals surface area (Å²) in [6.45, 7) is 6.46. The molecule has 0 amide bonds. The van der Waals surface area contributed by atoms with E-state index < -0.39 is 0 Å². The van der Waals surface area contributed by atoms with Crippen molar-refractivity contribution < 1.29 is 0 Å². The monoisotopic (exact) mass is 209 g/mol. The van der Waals surface area contributed by atoms with Crippen LogP contribution in [0.1, 0.15) is 33.6 Å². The second-order valence-corrected chi connectivity index (χ2v) is 4.19. The highest BCUT2D eigenvalue weighted by Crippen LogP contribution is 2.18. The summed E-state index contributed by atoms with van der Waals surface area (Å²) in [7, 11) is 0. The molecular weight excluding hydrogens is 190 g/mol. The fourth-order valence-electron chi connectivity index (χ4n) is 1.54. The lowest BCUT2D eigenvalue weighted by atomic mass is 9.99. The Morgan fingerprint density at radius 1 is 1.33 bits per heavy atom. The van der Waals surface area contributed by atoms with Crippen molar-refractivity contribution in [2.45, 2.75) is 39.2 Å². The molecule has 0 atom stereocenters.